The normalized spacial score (nSPS) is 36.7. The first kappa shape index (κ1) is 16.1. The predicted octanol–water partition coefficient (Wildman–Crippen LogP) is 1.65. The highest BCUT2D eigenvalue weighted by Crippen LogP contribution is 2.35. The Hall–Kier alpha value is 0.190. The number of thioether (sulfide) groups is 1. The van der Waals surface area contributed by atoms with Gasteiger partial charge in [0, 0.05) is 43.1 Å². The van der Waals surface area contributed by atoms with Crippen LogP contribution in [0.5, 0.6) is 0 Å². The molecule has 0 bridgehead atoms. The summed E-state index contributed by atoms with van der Waals surface area (Å²) in [6, 6.07) is 1.22. The van der Waals surface area contributed by atoms with E-state index < -0.39 is 0 Å². The second-order valence-corrected chi connectivity index (χ2v) is 7.99. The van der Waals surface area contributed by atoms with Crippen molar-refractivity contribution < 1.29 is 9.47 Å². The van der Waals surface area contributed by atoms with Gasteiger partial charge in [-0.05, 0) is 37.9 Å². The number of ether oxygens (including phenoxy) is 2. The summed E-state index contributed by atoms with van der Waals surface area (Å²) in [6.07, 6.45) is 8.65. The van der Waals surface area contributed by atoms with Crippen LogP contribution in [0.3, 0.4) is 0 Å². The van der Waals surface area contributed by atoms with Gasteiger partial charge in [0.2, 0.25) is 0 Å². The molecule has 3 fully saturated rings. The van der Waals surface area contributed by atoms with Crippen LogP contribution in [-0.2, 0) is 9.47 Å². The summed E-state index contributed by atoms with van der Waals surface area (Å²) < 4.78 is 11.6. The average Bonchev–Trinajstić information content (AvgIpc) is 3.03. The molecule has 3 aliphatic rings. The van der Waals surface area contributed by atoms with Crippen molar-refractivity contribution in [3.05, 3.63) is 0 Å². The molecule has 0 spiro atoms. The Morgan fingerprint density at radius 1 is 1.19 bits per heavy atom. The Kier molecular flexibility index (Phi) is 5.85. The Labute approximate surface area is 133 Å². The van der Waals surface area contributed by atoms with Crippen molar-refractivity contribution >= 4 is 11.8 Å². The lowest BCUT2D eigenvalue weighted by atomic mass is 9.92. The van der Waals surface area contributed by atoms with Gasteiger partial charge < -0.3 is 20.1 Å². The van der Waals surface area contributed by atoms with E-state index in [1.54, 1.807) is 0 Å². The highest BCUT2D eigenvalue weighted by Gasteiger charge is 2.37. The number of hydrogen-bond donors (Lipinski definition) is 2. The maximum Gasteiger partial charge on any atom is 0.0623 e. The van der Waals surface area contributed by atoms with Gasteiger partial charge in [0.1, 0.15) is 0 Å². The number of nitrogens with one attached hydrogen (secondary N) is 2. The van der Waals surface area contributed by atoms with Crippen molar-refractivity contribution in [1.82, 2.24) is 10.6 Å². The third kappa shape index (κ3) is 3.94. The Morgan fingerprint density at radius 2 is 2.05 bits per heavy atom. The van der Waals surface area contributed by atoms with E-state index in [1.165, 1.54) is 32.1 Å². The van der Waals surface area contributed by atoms with Crippen LogP contribution < -0.4 is 10.6 Å². The van der Waals surface area contributed by atoms with Crippen molar-refractivity contribution in [3.63, 3.8) is 0 Å². The lowest BCUT2D eigenvalue weighted by Crippen LogP contribution is -2.53. The topological polar surface area (TPSA) is 42.5 Å². The molecule has 2 heterocycles. The van der Waals surface area contributed by atoms with Crippen LogP contribution in [0.4, 0.5) is 0 Å². The minimum absolute atomic E-state index is 0.391. The van der Waals surface area contributed by atoms with Crippen LogP contribution in [0.25, 0.3) is 0 Å². The average molecular weight is 314 g/mol. The maximum absolute atomic E-state index is 5.67. The zero-order chi connectivity index (χ0) is 14.5. The molecule has 0 aromatic rings. The predicted molar refractivity (Wildman–Crippen MR) is 88.0 cm³/mol. The van der Waals surface area contributed by atoms with Gasteiger partial charge in [-0.1, -0.05) is 6.42 Å². The number of rotatable bonds is 5. The Balaban J connectivity index is 1.53. The second-order valence-electron chi connectivity index (χ2n) is 6.72. The van der Waals surface area contributed by atoms with E-state index in [4.69, 9.17) is 9.47 Å². The molecule has 2 saturated heterocycles. The third-order valence-corrected chi connectivity index (χ3v) is 6.98. The zero-order valence-electron chi connectivity index (χ0n) is 13.2. The van der Waals surface area contributed by atoms with E-state index in [0.717, 1.165) is 45.4 Å². The standard InChI is InChI=1S/C16H30N2O2S/c1-21-16(5-8-19-9-6-16)12-18-14-4-2-3-13(14)15-11-20-10-7-17-15/h13-15,17-18H,2-12H2,1H3. The molecular weight excluding hydrogens is 284 g/mol. The maximum atomic E-state index is 5.67. The lowest BCUT2D eigenvalue weighted by Gasteiger charge is -2.39. The quantitative estimate of drug-likeness (QED) is 0.808. The minimum Gasteiger partial charge on any atom is -0.381 e. The van der Waals surface area contributed by atoms with Crippen LogP contribution in [0.1, 0.15) is 32.1 Å². The lowest BCUT2D eigenvalue weighted by molar-refractivity contribution is 0.0507. The van der Waals surface area contributed by atoms with Crippen LogP contribution in [-0.4, -0.2) is 62.6 Å². The molecule has 2 N–H and O–H groups in total. The van der Waals surface area contributed by atoms with Crippen LogP contribution in [0.15, 0.2) is 0 Å². The van der Waals surface area contributed by atoms with E-state index in [9.17, 15) is 0 Å². The SMILES string of the molecule is CSC1(CNC2CCCC2C2COCCN2)CCOCC1. The summed E-state index contributed by atoms with van der Waals surface area (Å²) in [7, 11) is 0. The second kappa shape index (κ2) is 7.64. The molecule has 0 aromatic heterocycles. The van der Waals surface area contributed by atoms with Gasteiger partial charge >= 0.3 is 0 Å². The number of morpholine rings is 1. The summed E-state index contributed by atoms with van der Waals surface area (Å²) in [6.45, 7) is 5.76. The summed E-state index contributed by atoms with van der Waals surface area (Å²) in [5.74, 6) is 0.740. The molecular formula is C16H30N2O2S. The molecule has 0 amide bonds. The fourth-order valence-corrected chi connectivity index (χ4v) is 4.90. The van der Waals surface area contributed by atoms with Gasteiger partial charge in [0.15, 0.2) is 0 Å². The van der Waals surface area contributed by atoms with Crippen LogP contribution in [0.2, 0.25) is 0 Å². The minimum atomic E-state index is 0.391. The van der Waals surface area contributed by atoms with Crippen molar-refractivity contribution in [1.29, 1.82) is 0 Å². The van der Waals surface area contributed by atoms with Gasteiger partial charge in [0.05, 0.1) is 13.2 Å². The molecule has 5 heteroatoms. The fourth-order valence-electron chi connectivity index (χ4n) is 4.10. The molecule has 0 aromatic carbocycles. The van der Waals surface area contributed by atoms with Crippen molar-refractivity contribution in [2.45, 2.75) is 48.9 Å². The monoisotopic (exact) mass is 314 g/mol. The van der Waals surface area contributed by atoms with Gasteiger partial charge in [-0.25, -0.2) is 0 Å². The van der Waals surface area contributed by atoms with Gasteiger partial charge in [-0.2, -0.15) is 11.8 Å². The molecule has 3 rings (SSSR count). The van der Waals surface area contributed by atoms with E-state index in [-0.39, 0.29) is 0 Å². The largest absolute Gasteiger partial charge is 0.381 e. The smallest absolute Gasteiger partial charge is 0.0623 e. The van der Waals surface area contributed by atoms with E-state index in [2.05, 4.69) is 16.9 Å². The summed E-state index contributed by atoms with van der Waals surface area (Å²) in [5.41, 5.74) is 0. The highest BCUT2D eigenvalue weighted by atomic mass is 32.2. The summed E-state index contributed by atoms with van der Waals surface area (Å²) in [5, 5.41) is 7.58. The van der Waals surface area contributed by atoms with E-state index in [1.807, 2.05) is 11.8 Å². The molecule has 0 radical (unpaired) electrons. The molecule has 3 unspecified atom stereocenters. The van der Waals surface area contributed by atoms with Crippen LogP contribution >= 0.6 is 11.8 Å². The molecule has 21 heavy (non-hydrogen) atoms. The Bertz CT molecular complexity index is 317. The van der Waals surface area contributed by atoms with Crippen molar-refractivity contribution in [3.8, 4) is 0 Å². The van der Waals surface area contributed by atoms with Crippen molar-refractivity contribution in [2.24, 2.45) is 5.92 Å². The molecule has 3 atom stereocenters. The molecule has 1 aliphatic carbocycles. The van der Waals surface area contributed by atoms with Crippen LogP contribution in [0, 0.1) is 5.92 Å². The van der Waals surface area contributed by atoms with E-state index in [0.29, 0.717) is 16.8 Å². The molecule has 122 valence electrons. The molecule has 2 aliphatic heterocycles. The van der Waals surface area contributed by atoms with Gasteiger partial charge in [-0.15, -0.1) is 0 Å². The Morgan fingerprint density at radius 3 is 2.76 bits per heavy atom. The van der Waals surface area contributed by atoms with Gasteiger partial charge in [0.25, 0.3) is 0 Å². The first-order chi connectivity index (χ1) is 10.3. The molecule has 1 saturated carbocycles. The summed E-state index contributed by atoms with van der Waals surface area (Å²) >= 11 is 2.03. The van der Waals surface area contributed by atoms with Gasteiger partial charge in [-0.3, -0.25) is 0 Å². The van der Waals surface area contributed by atoms with Crippen molar-refractivity contribution in [2.75, 3.05) is 45.8 Å². The summed E-state index contributed by atoms with van der Waals surface area (Å²) in [4.78, 5) is 0. The third-order valence-electron chi connectivity index (χ3n) is 5.56. The highest BCUT2D eigenvalue weighted by molar-refractivity contribution is 8.00. The fraction of sp³-hybridized carbons (Fsp3) is 1.00. The first-order valence-corrected chi connectivity index (χ1v) is 9.73. The molecule has 4 nitrogen and oxygen atoms in total. The number of hydrogen-bond acceptors (Lipinski definition) is 5. The van der Waals surface area contributed by atoms with E-state index >= 15 is 0 Å². The zero-order valence-corrected chi connectivity index (χ0v) is 14.1. The first-order valence-electron chi connectivity index (χ1n) is 8.50.